The van der Waals surface area contributed by atoms with Crippen LogP contribution in [0.2, 0.25) is 5.02 Å². The van der Waals surface area contributed by atoms with Crippen LogP contribution in [0.25, 0.3) is 11.1 Å². The summed E-state index contributed by atoms with van der Waals surface area (Å²) in [6.45, 7) is 3.41. The normalized spacial score (nSPS) is 16.3. The van der Waals surface area contributed by atoms with Gasteiger partial charge in [-0.25, -0.2) is 8.42 Å². The average molecular weight is 484 g/mol. The van der Waals surface area contributed by atoms with Gasteiger partial charge >= 0.3 is 0 Å². The van der Waals surface area contributed by atoms with Crippen LogP contribution in [0.15, 0.2) is 83.8 Å². The van der Waals surface area contributed by atoms with Gasteiger partial charge in [0, 0.05) is 42.5 Å². The van der Waals surface area contributed by atoms with E-state index in [-0.39, 0.29) is 10.8 Å². The Kier molecular flexibility index (Phi) is 7.14. The molecule has 1 saturated heterocycles. The Hall–Kier alpha value is -2.71. The van der Waals surface area contributed by atoms with E-state index in [4.69, 9.17) is 11.6 Å². The van der Waals surface area contributed by atoms with E-state index in [0.29, 0.717) is 31.2 Å². The minimum absolute atomic E-state index is 0.121. The van der Waals surface area contributed by atoms with Crippen LogP contribution in [0.3, 0.4) is 0 Å². The fourth-order valence-electron chi connectivity index (χ4n) is 3.97. The largest absolute Gasteiger partial charge is 0.324 e. The number of hydrogen-bond donors (Lipinski definition) is 1. The SMILES string of the molecule is CC(C(=O)Nc1ccccc1-c1ccccc1)N1CCN(S(=O)(=O)c2cccc(Cl)c2)CC1. The molecule has 6 nitrogen and oxygen atoms in total. The molecular formula is C25H26ClN3O3S. The zero-order chi connectivity index (χ0) is 23.4. The van der Waals surface area contributed by atoms with E-state index in [9.17, 15) is 13.2 Å². The molecule has 3 aromatic carbocycles. The number of sulfonamides is 1. The van der Waals surface area contributed by atoms with Crippen LogP contribution in [-0.2, 0) is 14.8 Å². The number of para-hydroxylation sites is 1. The van der Waals surface area contributed by atoms with Crippen LogP contribution < -0.4 is 5.32 Å². The number of carbonyl (C=O) groups is 1. The number of rotatable bonds is 6. The molecule has 1 aliphatic heterocycles. The van der Waals surface area contributed by atoms with Gasteiger partial charge in [-0.05, 0) is 36.8 Å². The number of amides is 1. The Morgan fingerprint density at radius 2 is 1.58 bits per heavy atom. The smallest absolute Gasteiger partial charge is 0.243 e. The van der Waals surface area contributed by atoms with Crippen molar-refractivity contribution in [2.24, 2.45) is 0 Å². The Morgan fingerprint density at radius 3 is 2.27 bits per heavy atom. The van der Waals surface area contributed by atoms with Crippen LogP contribution in [0.1, 0.15) is 6.92 Å². The van der Waals surface area contributed by atoms with Crippen LogP contribution in [0.4, 0.5) is 5.69 Å². The molecule has 1 aliphatic rings. The highest BCUT2D eigenvalue weighted by Crippen LogP contribution is 2.28. The zero-order valence-electron chi connectivity index (χ0n) is 18.3. The molecule has 172 valence electrons. The van der Waals surface area contributed by atoms with Gasteiger partial charge in [0.25, 0.3) is 0 Å². The van der Waals surface area contributed by atoms with Gasteiger partial charge < -0.3 is 5.32 Å². The van der Waals surface area contributed by atoms with Crippen LogP contribution in [0.5, 0.6) is 0 Å². The standard InChI is InChI=1S/C25H26ClN3O3S/c1-19(25(30)27-24-13-6-5-12-23(24)20-8-3-2-4-9-20)28-14-16-29(17-15-28)33(31,32)22-11-7-10-21(26)18-22/h2-13,18-19H,14-17H2,1H3,(H,27,30). The van der Waals surface area contributed by atoms with Crippen molar-refractivity contribution in [3.05, 3.63) is 83.9 Å². The second-order valence-corrected chi connectivity index (χ2v) is 10.3. The molecule has 1 heterocycles. The van der Waals surface area contributed by atoms with Gasteiger partial charge in [0.2, 0.25) is 15.9 Å². The number of nitrogens with one attached hydrogen (secondary N) is 1. The number of benzene rings is 3. The van der Waals surface area contributed by atoms with Gasteiger partial charge in [0.05, 0.1) is 10.9 Å². The Labute approximate surface area is 199 Å². The van der Waals surface area contributed by atoms with Crippen LogP contribution in [-0.4, -0.2) is 55.8 Å². The van der Waals surface area contributed by atoms with E-state index in [1.165, 1.54) is 10.4 Å². The lowest BCUT2D eigenvalue weighted by atomic mass is 10.0. The number of piperazine rings is 1. The molecule has 4 rings (SSSR count). The number of nitrogens with zero attached hydrogens (tertiary/aromatic N) is 2. The van der Waals surface area contributed by atoms with E-state index in [2.05, 4.69) is 5.32 Å². The second kappa shape index (κ2) is 10.1. The van der Waals surface area contributed by atoms with Crippen molar-refractivity contribution >= 4 is 33.2 Å². The van der Waals surface area contributed by atoms with Crippen molar-refractivity contribution in [2.45, 2.75) is 17.9 Å². The van der Waals surface area contributed by atoms with E-state index in [1.54, 1.807) is 18.2 Å². The first kappa shape index (κ1) is 23.4. The predicted octanol–water partition coefficient (Wildman–Crippen LogP) is 4.34. The summed E-state index contributed by atoms with van der Waals surface area (Å²) in [7, 11) is -3.62. The van der Waals surface area contributed by atoms with Crippen molar-refractivity contribution in [3.8, 4) is 11.1 Å². The fraction of sp³-hybridized carbons (Fsp3) is 0.240. The highest BCUT2D eigenvalue weighted by atomic mass is 35.5. The molecule has 1 amide bonds. The summed E-state index contributed by atoms with van der Waals surface area (Å²) in [6.07, 6.45) is 0. The lowest BCUT2D eigenvalue weighted by molar-refractivity contribution is -0.121. The second-order valence-electron chi connectivity index (χ2n) is 7.97. The number of halogens is 1. The Balaban J connectivity index is 1.41. The van der Waals surface area contributed by atoms with Crippen LogP contribution in [0, 0.1) is 0 Å². The average Bonchev–Trinajstić information content (AvgIpc) is 2.84. The third-order valence-electron chi connectivity index (χ3n) is 5.90. The van der Waals surface area contributed by atoms with E-state index >= 15 is 0 Å². The lowest BCUT2D eigenvalue weighted by Gasteiger charge is -2.36. The van der Waals surface area contributed by atoms with E-state index in [1.807, 2.05) is 66.4 Å². The van der Waals surface area contributed by atoms with Crippen molar-refractivity contribution in [3.63, 3.8) is 0 Å². The topological polar surface area (TPSA) is 69.7 Å². The van der Waals surface area contributed by atoms with Gasteiger partial charge in [-0.3, -0.25) is 9.69 Å². The molecule has 0 radical (unpaired) electrons. The van der Waals surface area contributed by atoms with Crippen LogP contribution >= 0.6 is 11.6 Å². The molecule has 8 heteroatoms. The highest BCUT2D eigenvalue weighted by molar-refractivity contribution is 7.89. The summed E-state index contributed by atoms with van der Waals surface area (Å²) in [5.41, 5.74) is 2.74. The molecule has 0 aromatic heterocycles. The summed E-state index contributed by atoms with van der Waals surface area (Å²) in [6, 6.07) is 23.5. The first-order chi connectivity index (χ1) is 15.9. The van der Waals surface area contributed by atoms with E-state index < -0.39 is 16.1 Å². The van der Waals surface area contributed by atoms with Gasteiger partial charge in [0.1, 0.15) is 0 Å². The summed E-state index contributed by atoms with van der Waals surface area (Å²) in [4.78, 5) is 15.2. The fourth-order valence-corrected chi connectivity index (χ4v) is 5.70. The van der Waals surface area contributed by atoms with Crippen molar-refractivity contribution in [1.29, 1.82) is 0 Å². The minimum Gasteiger partial charge on any atom is -0.324 e. The molecule has 0 saturated carbocycles. The summed E-state index contributed by atoms with van der Waals surface area (Å²) in [5, 5.41) is 3.44. The maximum atomic E-state index is 13.0. The Bertz CT molecular complexity index is 1230. The monoisotopic (exact) mass is 483 g/mol. The van der Waals surface area contributed by atoms with Gasteiger partial charge in [-0.15, -0.1) is 0 Å². The Morgan fingerprint density at radius 1 is 0.909 bits per heavy atom. The molecule has 1 N–H and O–H groups in total. The van der Waals surface area contributed by atoms with Gasteiger partial charge in [0.15, 0.2) is 0 Å². The van der Waals surface area contributed by atoms with Crippen molar-refractivity contribution < 1.29 is 13.2 Å². The third-order valence-corrected chi connectivity index (χ3v) is 8.03. The summed E-state index contributed by atoms with van der Waals surface area (Å²) < 4.78 is 27.3. The van der Waals surface area contributed by atoms with E-state index in [0.717, 1.165) is 16.8 Å². The third kappa shape index (κ3) is 5.28. The maximum Gasteiger partial charge on any atom is 0.243 e. The molecule has 0 aliphatic carbocycles. The molecule has 0 bridgehead atoms. The molecule has 3 aromatic rings. The highest BCUT2D eigenvalue weighted by Gasteiger charge is 2.32. The molecule has 33 heavy (non-hydrogen) atoms. The molecule has 1 unspecified atom stereocenters. The summed E-state index contributed by atoms with van der Waals surface area (Å²) >= 11 is 5.97. The quantitative estimate of drug-likeness (QED) is 0.566. The molecule has 1 atom stereocenters. The van der Waals surface area contributed by atoms with Crippen molar-refractivity contribution in [2.75, 3.05) is 31.5 Å². The molecule has 1 fully saturated rings. The first-order valence-corrected chi connectivity index (χ1v) is 12.6. The number of carbonyl (C=O) groups excluding carboxylic acids is 1. The molecule has 0 spiro atoms. The number of anilines is 1. The lowest BCUT2D eigenvalue weighted by Crippen LogP contribution is -2.53. The summed E-state index contributed by atoms with van der Waals surface area (Å²) in [5.74, 6) is -0.121. The zero-order valence-corrected chi connectivity index (χ0v) is 19.9. The van der Waals surface area contributed by atoms with Crippen molar-refractivity contribution in [1.82, 2.24) is 9.21 Å². The van der Waals surface area contributed by atoms with Gasteiger partial charge in [-0.1, -0.05) is 66.2 Å². The van der Waals surface area contributed by atoms with Gasteiger partial charge in [-0.2, -0.15) is 4.31 Å². The number of hydrogen-bond acceptors (Lipinski definition) is 4. The molecular weight excluding hydrogens is 458 g/mol. The first-order valence-electron chi connectivity index (χ1n) is 10.8. The minimum atomic E-state index is -3.62. The predicted molar refractivity (Wildman–Crippen MR) is 132 cm³/mol. The maximum absolute atomic E-state index is 13.0.